The smallest absolute Gasteiger partial charge is 0.407 e. The van der Waals surface area contributed by atoms with Crippen LogP contribution in [0, 0.1) is 17.3 Å². The van der Waals surface area contributed by atoms with Crippen molar-refractivity contribution < 1.29 is 71.7 Å². The molecule has 6 atom stereocenters. The second kappa shape index (κ2) is 38.9. The SMILES string of the molecule is CC=CCC(CC=CNC(=O)C(NC(=O)C=CC=CC(C)=CC(C)C1CC=C(OC)C(=O)O1)C(C)(C)C)OC(=O)NCCCNC(=O)OCc1ccc(NC(=O)C(CCCNC(N)=O)NC(=O)C(NC(=O)CCCCCN2C(=O)C=CC2=O)C(C)C)cc1. The number of nitrogens with two attached hydrogens (primary N) is 1. The van der Waals surface area contributed by atoms with Crippen molar-refractivity contribution in [3.63, 3.8) is 0 Å². The molecular weight excluding hydrogens is 1140 g/mol. The van der Waals surface area contributed by atoms with Crippen LogP contribution in [0.4, 0.5) is 20.1 Å². The van der Waals surface area contributed by atoms with Crippen LogP contribution in [0.2, 0.25) is 0 Å². The number of cyclic esters (lactones) is 1. The standard InChI is InChI=1S/C63H90N10O15/c1-10-11-21-46(22-17-34-65-58(80)55(63(6,7)8)72-51(75)25-15-14-20-42(4)39-43(5)48-30-31-49(85-9)59(81)88-48)87-62(84)68-37-19-36-67-61(83)86-40-44-26-28-45(29-27-44)69-56(78)47(23-18-35-66-60(64)82)70-57(79)54(41(2)3)71-50(74)24-13-12-16-38-73-52(76)32-33-53(73)77/h10-11,14-15,17,20,25-29,31-34,39,41,43,46-48,54-55H,12-13,16,18-19,21-24,30,35-38,40H2,1-9H3,(H,65,80)(H,67,83)(H,68,84)(H,69,78)(H,70,79)(H,71,74)(H,72,75)(H3,64,66,82). The first kappa shape index (κ1) is 73.2. The molecule has 25 nitrogen and oxygen atoms in total. The summed E-state index contributed by atoms with van der Waals surface area (Å²) in [5.41, 5.74) is 6.42. The molecule has 25 heteroatoms. The number of unbranched alkanes of at least 4 members (excludes halogenated alkanes) is 2. The van der Waals surface area contributed by atoms with Gasteiger partial charge in [0.15, 0.2) is 5.76 Å². The number of nitrogens with one attached hydrogen (secondary N) is 8. The Bertz CT molecular complexity index is 2760. The van der Waals surface area contributed by atoms with Crippen LogP contribution in [0.25, 0.3) is 0 Å². The molecule has 3 rings (SSSR count). The van der Waals surface area contributed by atoms with Gasteiger partial charge in [0.05, 0.1) is 7.11 Å². The summed E-state index contributed by atoms with van der Waals surface area (Å²) in [7, 11) is 1.42. The third-order valence-electron chi connectivity index (χ3n) is 13.6. The van der Waals surface area contributed by atoms with Gasteiger partial charge in [-0.15, -0.1) is 0 Å². The minimum atomic E-state index is -1.07. The molecule has 0 saturated carbocycles. The van der Waals surface area contributed by atoms with E-state index in [1.54, 1.807) is 62.4 Å². The van der Waals surface area contributed by atoms with E-state index in [1.807, 2.05) is 65.8 Å². The minimum Gasteiger partial charge on any atom is -0.490 e. The number of hydrogen-bond donors (Lipinski definition) is 9. The average molecular weight is 1230 g/mol. The van der Waals surface area contributed by atoms with Gasteiger partial charge in [-0.25, -0.2) is 19.2 Å². The molecule has 0 bridgehead atoms. The van der Waals surface area contributed by atoms with Crippen molar-refractivity contribution >= 4 is 71.2 Å². The van der Waals surface area contributed by atoms with Crippen molar-refractivity contribution in [1.82, 2.24) is 42.1 Å². The fraction of sp³-hybridized carbons (Fsp3) is 0.508. The van der Waals surface area contributed by atoms with Gasteiger partial charge in [0.2, 0.25) is 29.5 Å². The average Bonchev–Trinajstić information content (AvgIpc) is 3.98. The second-order valence-electron chi connectivity index (χ2n) is 22.5. The lowest BCUT2D eigenvalue weighted by Gasteiger charge is -2.29. The zero-order valence-electron chi connectivity index (χ0n) is 52.0. The van der Waals surface area contributed by atoms with Crippen LogP contribution < -0.4 is 48.3 Å². The number of hydrogen-bond acceptors (Lipinski definition) is 15. The molecule has 11 amide bonds. The topological polar surface area (TPSA) is 350 Å². The van der Waals surface area contributed by atoms with E-state index in [9.17, 15) is 52.7 Å². The van der Waals surface area contributed by atoms with Crippen molar-refractivity contribution in [2.24, 2.45) is 23.0 Å². The lowest BCUT2D eigenvalue weighted by molar-refractivity contribution is -0.151. The highest BCUT2D eigenvalue weighted by Crippen LogP contribution is 2.23. The summed E-state index contributed by atoms with van der Waals surface area (Å²) in [4.78, 5) is 140. The van der Waals surface area contributed by atoms with Crippen molar-refractivity contribution in [2.75, 3.05) is 38.6 Å². The molecule has 10 N–H and O–H groups in total. The van der Waals surface area contributed by atoms with E-state index >= 15 is 0 Å². The zero-order chi connectivity index (χ0) is 65.2. The van der Waals surface area contributed by atoms with E-state index in [4.69, 9.17) is 24.7 Å². The maximum Gasteiger partial charge on any atom is 0.407 e. The second-order valence-corrected chi connectivity index (χ2v) is 22.5. The summed E-state index contributed by atoms with van der Waals surface area (Å²) in [5, 5.41) is 21.5. The number of carbonyl (C=O) groups excluding carboxylic acids is 11. The quantitative estimate of drug-likeness (QED) is 0.00713. The number of alkyl carbamates (subject to hydrolysis) is 2. The molecule has 2 aliphatic rings. The molecule has 0 spiro atoms. The summed E-state index contributed by atoms with van der Waals surface area (Å²) in [5.74, 6) is -3.89. The van der Waals surface area contributed by atoms with Crippen LogP contribution >= 0.6 is 0 Å². The van der Waals surface area contributed by atoms with Crippen LogP contribution in [-0.4, -0.2) is 134 Å². The number of rotatable bonds is 36. The molecule has 88 heavy (non-hydrogen) atoms. The lowest BCUT2D eigenvalue weighted by Crippen LogP contribution is -2.54. The van der Waals surface area contributed by atoms with Gasteiger partial charge in [-0.1, -0.05) is 108 Å². The number of carbonyl (C=O) groups is 11. The highest BCUT2D eigenvalue weighted by Gasteiger charge is 2.33. The zero-order valence-corrected chi connectivity index (χ0v) is 52.0. The lowest BCUT2D eigenvalue weighted by atomic mass is 9.86. The number of methoxy groups -OCH3 is 1. The monoisotopic (exact) mass is 1230 g/mol. The first-order valence-corrected chi connectivity index (χ1v) is 29.6. The molecule has 1 aromatic carbocycles. The maximum absolute atomic E-state index is 13.6. The van der Waals surface area contributed by atoms with Crippen LogP contribution in [-0.2, 0) is 63.9 Å². The van der Waals surface area contributed by atoms with E-state index in [2.05, 4.69) is 42.5 Å². The number of allylic oxidation sites excluding steroid dienone is 5. The predicted octanol–water partition coefficient (Wildman–Crippen LogP) is 5.95. The van der Waals surface area contributed by atoms with Gasteiger partial charge in [-0.3, -0.25) is 38.5 Å². The molecule has 2 aliphatic heterocycles. The Morgan fingerprint density at radius 1 is 0.784 bits per heavy atom. The van der Waals surface area contributed by atoms with Gasteiger partial charge in [0, 0.05) is 81.7 Å². The summed E-state index contributed by atoms with van der Waals surface area (Å²) in [6, 6.07) is 2.76. The first-order valence-electron chi connectivity index (χ1n) is 29.6. The number of anilines is 1. The Kier molecular flexibility index (Phi) is 32.4. The molecule has 1 aromatic rings. The Morgan fingerprint density at radius 2 is 1.44 bits per heavy atom. The van der Waals surface area contributed by atoms with Crippen LogP contribution in [0.3, 0.4) is 0 Å². The minimum absolute atomic E-state index is 0.0625. The van der Waals surface area contributed by atoms with Crippen molar-refractivity contribution in [2.45, 2.75) is 157 Å². The number of benzene rings is 1. The molecule has 6 unspecified atom stereocenters. The van der Waals surface area contributed by atoms with E-state index in [1.165, 1.54) is 31.5 Å². The number of nitrogens with zero attached hydrogens (tertiary/aromatic N) is 1. The molecule has 0 saturated heterocycles. The van der Waals surface area contributed by atoms with Crippen LogP contribution in [0.15, 0.2) is 109 Å². The first-order chi connectivity index (χ1) is 41.8. The highest BCUT2D eigenvalue weighted by molar-refractivity contribution is 6.12. The Morgan fingerprint density at radius 3 is 2.08 bits per heavy atom. The van der Waals surface area contributed by atoms with Crippen LogP contribution in [0.5, 0.6) is 0 Å². The third-order valence-corrected chi connectivity index (χ3v) is 13.6. The van der Waals surface area contributed by atoms with E-state index in [0.29, 0.717) is 49.8 Å². The molecular formula is C63H90N10O15. The van der Waals surface area contributed by atoms with Crippen molar-refractivity contribution in [3.05, 3.63) is 114 Å². The highest BCUT2D eigenvalue weighted by atomic mass is 16.6. The Labute approximate surface area is 515 Å². The van der Waals surface area contributed by atoms with E-state index < -0.39 is 77.5 Å². The molecule has 0 fully saturated rings. The number of primary amides is 1. The van der Waals surface area contributed by atoms with Gasteiger partial charge >= 0.3 is 24.2 Å². The van der Waals surface area contributed by atoms with Crippen molar-refractivity contribution in [1.29, 1.82) is 0 Å². The molecule has 2 heterocycles. The van der Waals surface area contributed by atoms with Gasteiger partial charge < -0.3 is 67.2 Å². The molecule has 0 radical (unpaired) electrons. The van der Waals surface area contributed by atoms with Gasteiger partial charge in [-0.05, 0) is 87.3 Å². The maximum atomic E-state index is 13.6. The van der Waals surface area contributed by atoms with Gasteiger partial charge in [0.1, 0.15) is 36.9 Å². The number of esters is 1. The van der Waals surface area contributed by atoms with E-state index in [-0.39, 0.29) is 99.9 Å². The van der Waals surface area contributed by atoms with E-state index in [0.717, 1.165) is 10.5 Å². The largest absolute Gasteiger partial charge is 0.490 e. The third kappa shape index (κ3) is 28.4. The predicted molar refractivity (Wildman–Crippen MR) is 330 cm³/mol. The van der Waals surface area contributed by atoms with Gasteiger partial charge in [0.25, 0.3) is 11.8 Å². The summed E-state index contributed by atoms with van der Waals surface area (Å²) in [6.07, 6.45) is 20.6. The molecule has 0 aromatic heterocycles. The molecule has 0 aliphatic carbocycles. The summed E-state index contributed by atoms with van der Waals surface area (Å²) in [6.45, 7) is 15.3. The van der Waals surface area contributed by atoms with Crippen LogP contribution in [0.1, 0.15) is 125 Å². The number of ether oxygens (including phenoxy) is 4. The fourth-order valence-electron chi connectivity index (χ4n) is 8.75. The Balaban J connectivity index is 1.40. The number of imide groups is 1. The Hall–Kier alpha value is -9.03. The number of urea groups is 1. The fourth-order valence-corrected chi connectivity index (χ4v) is 8.75. The summed E-state index contributed by atoms with van der Waals surface area (Å²) >= 11 is 0. The summed E-state index contributed by atoms with van der Waals surface area (Å²) < 4.78 is 21.5. The van der Waals surface area contributed by atoms with Crippen molar-refractivity contribution in [3.8, 4) is 0 Å². The van der Waals surface area contributed by atoms with Gasteiger partial charge in [-0.2, -0.15) is 0 Å². The normalized spacial score (nSPS) is 16.1. The number of amides is 11. The molecule has 482 valence electrons.